The van der Waals surface area contributed by atoms with Crippen molar-refractivity contribution in [2.75, 3.05) is 62.4 Å². The third-order valence-electron chi connectivity index (χ3n) is 5.96. The summed E-state index contributed by atoms with van der Waals surface area (Å²) in [6.07, 6.45) is 2.82. The van der Waals surface area contributed by atoms with E-state index < -0.39 is 6.09 Å². The monoisotopic (exact) mass is 527 g/mol. The molecule has 0 aromatic heterocycles. The first-order valence-electron chi connectivity index (χ1n) is 11.8. The summed E-state index contributed by atoms with van der Waals surface area (Å²) in [6, 6.07) is 6.94. The minimum atomic E-state index is -0.532. The van der Waals surface area contributed by atoms with Crippen molar-refractivity contribution in [3.8, 4) is 34.5 Å². The van der Waals surface area contributed by atoms with Crippen LogP contribution in [-0.2, 0) is 9.53 Å². The highest BCUT2D eigenvalue weighted by atomic mass is 16.6. The van der Waals surface area contributed by atoms with E-state index >= 15 is 0 Å². The summed E-state index contributed by atoms with van der Waals surface area (Å²) >= 11 is 0. The van der Waals surface area contributed by atoms with Gasteiger partial charge in [0.05, 0.1) is 62.4 Å². The zero-order chi connectivity index (χ0) is 27.8. The fourth-order valence-electron chi connectivity index (χ4n) is 4.23. The van der Waals surface area contributed by atoms with E-state index in [0.717, 1.165) is 0 Å². The molecule has 0 spiro atoms. The molecule has 1 amide bonds. The molecule has 1 fully saturated rings. The van der Waals surface area contributed by atoms with Gasteiger partial charge < -0.3 is 33.2 Å². The van der Waals surface area contributed by atoms with E-state index in [1.807, 2.05) is 0 Å². The Labute approximate surface area is 222 Å². The average Bonchev–Trinajstić information content (AvgIpc) is 2.94. The summed E-state index contributed by atoms with van der Waals surface area (Å²) in [7, 11) is 9.06. The van der Waals surface area contributed by atoms with Crippen molar-refractivity contribution in [3.05, 3.63) is 46.5 Å². The number of nitrogens with zero attached hydrogens (tertiary/aromatic N) is 1. The number of piperidine rings is 1. The number of hydrogen-bond acceptors (Lipinski definition) is 9. The molecule has 2 aromatic rings. The van der Waals surface area contributed by atoms with Gasteiger partial charge in [0.15, 0.2) is 28.8 Å². The van der Waals surface area contributed by atoms with E-state index in [2.05, 4.69) is 0 Å². The number of methoxy groups -OCH3 is 6. The quantitative estimate of drug-likeness (QED) is 0.443. The van der Waals surface area contributed by atoms with E-state index in [0.29, 0.717) is 56.8 Å². The fourth-order valence-corrected chi connectivity index (χ4v) is 4.23. The highest BCUT2D eigenvalue weighted by Crippen LogP contribution is 2.42. The van der Waals surface area contributed by atoms with Gasteiger partial charge in [-0.25, -0.2) is 4.79 Å². The normalized spacial score (nSPS) is 15.3. The van der Waals surface area contributed by atoms with Crippen molar-refractivity contribution in [1.29, 1.82) is 0 Å². The Hall–Kier alpha value is -4.34. The zero-order valence-corrected chi connectivity index (χ0v) is 22.7. The van der Waals surface area contributed by atoms with E-state index in [4.69, 9.17) is 33.2 Å². The Balaban J connectivity index is 2.16. The minimum absolute atomic E-state index is 0.0512. The van der Waals surface area contributed by atoms with Gasteiger partial charge >= 0.3 is 6.09 Å². The van der Waals surface area contributed by atoms with Gasteiger partial charge in [0.1, 0.15) is 0 Å². The minimum Gasteiger partial charge on any atom is -0.493 e. The summed E-state index contributed by atoms with van der Waals surface area (Å²) in [4.78, 5) is 27.9. The van der Waals surface area contributed by atoms with Crippen LogP contribution in [0.3, 0.4) is 0 Å². The van der Waals surface area contributed by atoms with E-state index in [1.54, 1.807) is 43.3 Å². The molecule has 0 saturated carbocycles. The van der Waals surface area contributed by atoms with Crippen molar-refractivity contribution < 1.29 is 42.7 Å². The molecule has 0 aliphatic carbocycles. The third kappa shape index (κ3) is 5.64. The number of hydrogen-bond donors (Lipinski definition) is 0. The molecule has 10 heteroatoms. The van der Waals surface area contributed by atoms with Gasteiger partial charge in [-0.15, -0.1) is 0 Å². The lowest BCUT2D eigenvalue weighted by atomic mass is 9.94. The second-order valence-corrected chi connectivity index (χ2v) is 8.07. The summed E-state index contributed by atoms with van der Waals surface area (Å²) in [5.41, 5.74) is 1.89. The molecule has 2 aromatic carbocycles. The molecule has 0 radical (unpaired) electrons. The highest BCUT2D eigenvalue weighted by molar-refractivity contribution is 6.15. The molecule has 0 N–H and O–H groups in total. The second-order valence-electron chi connectivity index (χ2n) is 8.07. The first-order chi connectivity index (χ1) is 18.4. The molecule has 1 saturated heterocycles. The Bertz CT molecular complexity index is 1160. The summed E-state index contributed by atoms with van der Waals surface area (Å²) in [5, 5.41) is 0. The molecule has 1 heterocycles. The van der Waals surface area contributed by atoms with Crippen molar-refractivity contribution in [2.24, 2.45) is 0 Å². The molecule has 1 aliphatic rings. The van der Waals surface area contributed by atoms with Crippen LogP contribution in [0.2, 0.25) is 0 Å². The van der Waals surface area contributed by atoms with Crippen LogP contribution in [-0.4, -0.2) is 79.1 Å². The van der Waals surface area contributed by atoms with Crippen molar-refractivity contribution >= 4 is 24.0 Å². The SMILES string of the molecule is CCOC(=O)N1C/C(=C\c2ccc(OC)c(OC)c2OC)C(=O)/C(=C/c2ccc(OC)c(OC)c2OC)C1. The van der Waals surface area contributed by atoms with Crippen LogP contribution in [0.1, 0.15) is 18.1 Å². The van der Waals surface area contributed by atoms with Gasteiger partial charge in [0.25, 0.3) is 0 Å². The highest BCUT2D eigenvalue weighted by Gasteiger charge is 2.31. The van der Waals surface area contributed by atoms with E-state index in [1.165, 1.54) is 47.6 Å². The lowest BCUT2D eigenvalue weighted by Gasteiger charge is -2.29. The second kappa shape index (κ2) is 12.8. The number of amides is 1. The maximum atomic E-state index is 13.7. The Morgan fingerprint density at radius 1 is 0.711 bits per heavy atom. The summed E-state index contributed by atoms with van der Waals surface area (Å²) < 4.78 is 38.1. The molecule has 3 rings (SSSR count). The molecule has 1 aliphatic heterocycles. The number of likely N-dealkylation sites (tertiary alicyclic amines) is 1. The van der Waals surface area contributed by atoms with Crippen LogP contribution in [0.5, 0.6) is 34.5 Å². The molecular formula is C28H33NO9. The van der Waals surface area contributed by atoms with Gasteiger partial charge in [0.2, 0.25) is 11.5 Å². The largest absolute Gasteiger partial charge is 0.493 e. The Kier molecular flexibility index (Phi) is 9.48. The van der Waals surface area contributed by atoms with Crippen LogP contribution < -0.4 is 28.4 Å². The Morgan fingerprint density at radius 3 is 1.47 bits per heavy atom. The summed E-state index contributed by atoms with van der Waals surface area (Å²) in [6.45, 7) is 2.03. The Morgan fingerprint density at radius 2 is 1.13 bits per heavy atom. The van der Waals surface area contributed by atoms with Gasteiger partial charge in [-0.1, -0.05) is 0 Å². The first kappa shape index (κ1) is 28.2. The predicted molar refractivity (Wildman–Crippen MR) is 142 cm³/mol. The van der Waals surface area contributed by atoms with Gasteiger partial charge in [-0.05, 0) is 43.3 Å². The van der Waals surface area contributed by atoms with Gasteiger partial charge in [0, 0.05) is 22.3 Å². The number of rotatable bonds is 9. The third-order valence-corrected chi connectivity index (χ3v) is 5.96. The van der Waals surface area contributed by atoms with Crippen molar-refractivity contribution in [1.82, 2.24) is 4.90 Å². The number of Topliss-reactive ketones (excluding diaryl/α,β-unsaturated/α-hetero) is 1. The maximum Gasteiger partial charge on any atom is 0.410 e. The van der Waals surface area contributed by atoms with Crippen LogP contribution in [0.25, 0.3) is 12.2 Å². The maximum absolute atomic E-state index is 13.7. The summed E-state index contributed by atoms with van der Waals surface area (Å²) in [5.74, 6) is 2.30. The predicted octanol–water partition coefficient (Wildman–Crippen LogP) is 4.25. The average molecular weight is 528 g/mol. The lowest BCUT2D eigenvalue weighted by Crippen LogP contribution is -2.41. The van der Waals surface area contributed by atoms with Gasteiger partial charge in [-0.3, -0.25) is 9.69 Å². The molecule has 0 unspecified atom stereocenters. The van der Waals surface area contributed by atoms with Gasteiger partial charge in [-0.2, -0.15) is 0 Å². The number of carbonyl (C=O) groups is 2. The molecule has 204 valence electrons. The first-order valence-corrected chi connectivity index (χ1v) is 11.8. The number of ether oxygens (including phenoxy) is 7. The number of benzene rings is 2. The van der Waals surface area contributed by atoms with Crippen LogP contribution >= 0.6 is 0 Å². The standard InChI is InChI=1S/C28H33NO9/c1-8-38-28(31)29-15-19(13-17-9-11-21(32-2)26(36-6)24(17)34-4)23(30)20(16-29)14-18-10-12-22(33-3)27(37-7)25(18)35-5/h9-14H,8,15-16H2,1-7H3/b19-13+,20-14+. The van der Waals surface area contributed by atoms with Crippen LogP contribution in [0.4, 0.5) is 4.79 Å². The number of ketones is 1. The fraction of sp³-hybridized carbons (Fsp3) is 0.357. The molecular weight excluding hydrogens is 494 g/mol. The molecule has 38 heavy (non-hydrogen) atoms. The van der Waals surface area contributed by atoms with Crippen molar-refractivity contribution in [3.63, 3.8) is 0 Å². The molecule has 0 bridgehead atoms. The topological polar surface area (TPSA) is 102 Å². The van der Waals surface area contributed by atoms with E-state index in [9.17, 15) is 9.59 Å². The lowest BCUT2D eigenvalue weighted by molar-refractivity contribution is -0.113. The van der Waals surface area contributed by atoms with Crippen molar-refractivity contribution in [2.45, 2.75) is 6.92 Å². The number of carbonyl (C=O) groups excluding carboxylic acids is 2. The van der Waals surface area contributed by atoms with E-state index in [-0.39, 0.29) is 25.5 Å². The van der Waals surface area contributed by atoms with Crippen LogP contribution in [0, 0.1) is 0 Å². The molecule has 0 atom stereocenters. The molecule has 10 nitrogen and oxygen atoms in total. The smallest absolute Gasteiger partial charge is 0.410 e. The zero-order valence-electron chi connectivity index (χ0n) is 22.7. The van der Waals surface area contributed by atoms with Crippen LogP contribution in [0.15, 0.2) is 35.4 Å².